The van der Waals surface area contributed by atoms with Gasteiger partial charge in [-0.15, -0.1) is 10.2 Å². The molecular formula is C19H19N3O3. The van der Waals surface area contributed by atoms with Crippen LogP contribution in [0.5, 0.6) is 5.75 Å². The highest BCUT2D eigenvalue weighted by Gasteiger charge is 2.14. The van der Waals surface area contributed by atoms with Crippen molar-refractivity contribution in [2.45, 2.75) is 19.4 Å². The molecule has 1 amide bonds. The Labute approximate surface area is 145 Å². The van der Waals surface area contributed by atoms with Crippen molar-refractivity contribution in [1.82, 2.24) is 15.5 Å². The van der Waals surface area contributed by atoms with Gasteiger partial charge < -0.3 is 14.5 Å². The first kappa shape index (κ1) is 16.7. The Morgan fingerprint density at radius 2 is 1.92 bits per heavy atom. The van der Waals surface area contributed by atoms with Crippen molar-refractivity contribution in [2.75, 3.05) is 6.54 Å². The van der Waals surface area contributed by atoms with Gasteiger partial charge in [0.1, 0.15) is 5.75 Å². The van der Waals surface area contributed by atoms with E-state index in [-0.39, 0.29) is 5.91 Å². The molecule has 0 radical (unpaired) electrons. The van der Waals surface area contributed by atoms with Crippen LogP contribution in [0.3, 0.4) is 0 Å². The molecule has 0 aliphatic rings. The highest BCUT2D eigenvalue weighted by atomic mass is 16.5. The molecule has 0 fully saturated rings. The smallest absolute Gasteiger partial charge is 0.260 e. The van der Waals surface area contributed by atoms with Crippen LogP contribution in [-0.2, 0) is 11.2 Å². The lowest BCUT2D eigenvalue weighted by molar-refractivity contribution is -0.127. The lowest BCUT2D eigenvalue weighted by Crippen LogP contribution is -2.37. The number of carbonyl (C=O) groups excluding carboxylic acids is 1. The molecule has 3 rings (SSSR count). The molecule has 0 spiro atoms. The van der Waals surface area contributed by atoms with E-state index in [1.54, 1.807) is 19.1 Å². The molecule has 2 aromatic carbocycles. The zero-order valence-electron chi connectivity index (χ0n) is 13.9. The van der Waals surface area contributed by atoms with Gasteiger partial charge >= 0.3 is 0 Å². The number of aromatic nitrogens is 2. The second-order valence-corrected chi connectivity index (χ2v) is 5.55. The van der Waals surface area contributed by atoms with Crippen LogP contribution in [0.2, 0.25) is 0 Å². The van der Waals surface area contributed by atoms with Crippen molar-refractivity contribution >= 4 is 5.91 Å². The van der Waals surface area contributed by atoms with Gasteiger partial charge in [-0.05, 0) is 43.2 Å². The molecule has 0 aliphatic heterocycles. The molecule has 0 unspecified atom stereocenters. The van der Waals surface area contributed by atoms with Gasteiger partial charge in [0, 0.05) is 12.1 Å². The van der Waals surface area contributed by atoms with Crippen LogP contribution < -0.4 is 10.1 Å². The van der Waals surface area contributed by atoms with Crippen LogP contribution in [0.4, 0.5) is 0 Å². The van der Waals surface area contributed by atoms with Crippen molar-refractivity contribution in [3.05, 3.63) is 66.6 Å². The van der Waals surface area contributed by atoms with Crippen LogP contribution in [0.1, 0.15) is 12.5 Å². The minimum Gasteiger partial charge on any atom is -0.481 e. The van der Waals surface area contributed by atoms with E-state index in [0.29, 0.717) is 18.2 Å². The molecule has 0 saturated heterocycles. The molecule has 1 atom stereocenters. The van der Waals surface area contributed by atoms with Crippen LogP contribution in [0.25, 0.3) is 11.5 Å². The second-order valence-electron chi connectivity index (χ2n) is 5.55. The predicted molar refractivity (Wildman–Crippen MR) is 93.0 cm³/mol. The SMILES string of the molecule is C[C@@H](Oc1ccc(-c2nnco2)cc1)C(=O)NCCc1ccccc1. The van der Waals surface area contributed by atoms with Gasteiger partial charge in [-0.25, -0.2) is 0 Å². The minimum atomic E-state index is -0.579. The molecule has 0 bridgehead atoms. The fraction of sp³-hybridized carbons (Fsp3) is 0.211. The molecule has 1 aromatic heterocycles. The zero-order valence-corrected chi connectivity index (χ0v) is 13.9. The van der Waals surface area contributed by atoms with Crippen LogP contribution >= 0.6 is 0 Å². The summed E-state index contributed by atoms with van der Waals surface area (Å²) < 4.78 is 10.8. The monoisotopic (exact) mass is 337 g/mol. The van der Waals surface area contributed by atoms with Crippen molar-refractivity contribution < 1.29 is 13.9 Å². The Bertz CT molecular complexity index is 787. The maximum atomic E-state index is 12.1. The van der Waals surface area contributed by atoms with E-state index >= 15 is 0 Å². The molecule has 25 heavy (non-hydrogen) atoms. The van der Waals surface area contributed by atoms with Gasteiger partial charge in [0.05, 0.1) is 0 Å². The van der Waals surface area contributed by atoms with Gasteiger partial charge in [-0.1, -0.05) is 30.3 Å². The van der Waals surface area contributed by atoms with E-state index in [4.69, 9.17) is 9.15 Å². The summed E-state index contributed by atoms with van der Waals surface area (Å²) in [6.07, 6.45) is 1.49. The summed E-state index contributed by atoms with van der Waals surface area (Å²) in [6.45, 7) is 2.30. The Morgan fingerprint density at radius 1 is 1.16 bits per heavy atom. The van der Waals surface area contributed by atoms with E-state index in [1.165, 1.54) is 12.0 Å². The number of nitrogens with zero attached hydrogens (tertiary/aromatic N) is 2. The fourth-order valence-electron chi connectivity index (χ4n) is 2.35. The summed E-state index contributed by atoms with van der Waals surface area (Å²) in [6, 6.07) is 17.2. The summed E-state index contributed by atoms with van der Waals surface area (Å²) in [5.41, 5.74) is 1.98. The third kappa shape index (κ3) is 4.67. The van der Waals surface area contributed by atoms with Crippen molar-refractivity contribution in [3.8, 4) is 17.2 Å². The van der Waals surface area contributed by atoms with Crippen LogP contribution in [-0.4, -0.2) is 28.8 Å². The first-order chi connectivity index (χ1) is 12.2. The molecule has 0 aliphatic carbocycles. The van der Waals surface area contributed by atoms with Gasteiger partial charge in [-0.2, -0.15) is 0 Å². The summed E-state index contributed by atoms with van der Waals surface area (Å²) in [4.78, 5) is 12.1. The van der Waals surface area contributed by atoms with E-state index in [0.717, 1.165) is 12.0 Å². The molecule has 128 valence electrons. The summed E-state index contributed by atoms with van der Waals surface area (Å²) in [5, 5.41) is 10.4. The molecule has 6 heteroatoms. The zero-order chi connectivity index (χ0) is 17.5. The van der Waals surface area contributed by atoms with Gasteiger partial charge in [0.2, 0.25) is 12.3 Å². The Balaban J connectivity index is 1.47. The topological polar surface area (TPSA) is 77.2 Å². The number of nitrogens with one attached hydrogen (secondary N) is 1. The fourth-order valence-corrected chi connectivity index (χ4v) is 2.35. The largest absolute Gasteiger partial charge is 0.481 e. The van der Waals surface area contributed by atoms with E-state index in [2.05, 4.69) is 15.5 Å². The summed E-state index contributed by atoms with van der Waals surface area (Å²) in [5.74, 6) is 0.907. The first-order valence-corrected chi connectivity index (χ1v) is 8.07. The molecule has 1 heterocycles. The van der Waals surface area contributed by atoms with Crippen molar-refractivity contribution in [1.29, 1.82) is 0 Å². The normalized spacial score (nSPS) is 11.7. The van der Waals surface area contributed by atoms with Gasteiger partial charge in [0.25, 0.3) is 5.91 Å². The summed E-state index contributed by atoms with van der Waals surface area (Å²) >= 11 is 0. The number of rotatable bonds is 7. The lowest BCUT2D eigenvalue weighted by Gasteiger charge is -2.15. The lowest BCUT2D eigenvalue weighted by atomic mass is 10.1. The number of hydrogen-bond acceptors (Lipinski definition) is 5. The van der Waals surface area contributed by atoms with Crippen molar-refractivity contribution in [2.24, 2.45) is 0 Å². The average Bonchev–Trinajstić information content (AvgIpc) is 3.18. The van der Waals surface area contributed by atoms with Crippen molar-refractivity contribution in [3.63, 3.8) is 0 Å². The number of hydrogen-bond donors (Lipinski definition) is 1. The van der Waals surface area contributed by atoms with Gasteiger partial charge in [0.15, 0.2) is 6.10 Å². The van der Waals surface area contributed by atoms with E-state index in [9.17, 15) is 4.79 Å². The predicted octanol–water partition coefficient (Wildman–Crippen LogP) is 2.86. The van der Waals surface area contributed by atoms with Gasteiger partial charge in [-0.3, -0.25) is 4.79 Å². The molecule has 1 N–H and O–H groups in total. The minimum absolute atomic E-state index is 0.142. The highest BCUT2D eigenvalue weighted by Crippen LogP contribution is 2.20. The molecule has 6 nitrogen and oxygen atoms in total. The number of ether oxygens (including phenoxy) is 1. The number of benzene rings is 2. The maximum Gasteiger partial charge on any atom is 0.260 e. The highest BCUT2D eigenvalue weighted by molar-refractivity contribution is 5.80. The first-order valence-electron chi connectivity index (χ1n) is 8.07. The Morgan fingerprint density at radius 3 is 2.60 bits per heavy atom. The Kier molecular flexibility index (Phi) is 5.41. The Hall–Kier alpha value is -3.15. The maximum absolute atomic E-state index is 12.1. The molecular weight excluding hydrogens is 318 g/mol. The average molecular weight is 337 g/mol. The molecule has 0 saturated carbocycles. The van der Waals surface area contributed by atoms with Crippen LogP contribution in [0.15, 0.2) is 65.4 Å². The second kappa shape index (κ2) is 8.10. The standard InChI is InChI=1S/C19H19N3O3/c1-14(18(23)20-12-11-15-5-3-2-4-6-15)25-17-9-7-16(8-10-17)19-22-21-13-24-19/h2-10,13-14H,11-12H2,1H3,(H,20,23)/t14-/m1/s1. The van der Waals surface area contributed by atoms with E-state index < -0.39 is 6.10 Å². The molecule has 3 aromatic rings. The quantitative estimate of drug-likeness (QED) is 0.717. The number of carbonyl (C=O) groups is 1. The third-order valence-electron chi connectivity index (χ3n) is 3.70. The summed E-state index contributed by atoms with van der Waals surface area (Å²) in [7, 11) is 0. The number of amides is 1. The van der Waals surface area contributed by atoms with E-state index in [1.807, 2.05) is 42.5 Å². The third-order valence-corrected chi connectivity index (χ3v) is 3.70. The van der Waals surface area contributed by atoms with Crippen LogP contribution in [0, 0.1) is 0 Å².